The predicted octanol–water partition coefficient (Wildman–Crippen LogP) is 3.09. The van der Waals surface area contributed by atoms with E-state index in [1.54, 1.807) is 0 Å². The number of rotatable bonds is 6. The number of thiophene rings is 1. The van der Waals surface area contributed by atoms with Crippen LogP contribution in [0.3, 0.4) is 0 Å². The Hall–Kier alpha value is -0.580. The topological polar surface area (TPSA) is 40.5 Å². The van der Waals surface area contributed by atoms with Gasteiger partial charge in [-0.15, -0.1) is 11.3 Å². The Balaban J connectivity index is 2.55. The Labute approximate surface area is 105 Å². The molecule has 1 aromatic heterocycles. The molecule has 0 saturated heterocycles. The molecule has 0 saturated carbocycles. The zero-order valence-electron chi connectivity index (χ0n) is 9.44. The maximum Gasteiger partial charge on any atom is 0.304 e. The minimum Gasteiger partial charge on any atom is -0.481 e. The quantitative estimate of drug-likeness (QED) is 0.856. The van der Waals surface area contributed by atoms with Gasteiger partial charge < -0.3 is 5.11 Å². The van der Waals surface area contributed by atoms with E-state index in [2.05, 4.69) is 4.90 Å². The van der Waals surface area contributed by atoms with Crippen LogP contribution in [-0.2, 0) is 11.3 Å². The summed E-state index contributed by atoms with van der Waals surface area (Å²) in [7, 11) is 1.95. The molecule has 3 nitrogen and oxygen atoms in total. The van der Waals surface area contributed by atoms with E-state index in [1.165, 1.54) is 11.3 Å². The summed E-state index contributed by atoms with van der Waals surface area (Å²) in [5.74, 6) is -0.747. The smallest absolute Gasteiger partial charge is 0.304 e. The lowest BCUT2D eigenvalue weighted by atomic mass is 10.1. The molecule has 0 fully saturated rings. The highest BCUT2D eigenvalue weighted by atomic mass is 35.5. The Kier molecular flexibility index (Phi) is 5.25. The molecule has 0 aliphatic carbocycles. The number of halogens is 1. The van der Waals surface area contributed by atoms with Gasteiger partial charge in [-0.3, -0.25) is 9.69 Å². The zero-order chi connectivity index (χ0) is 12.1. The van der Waals surface area contributed by atoms with Crippen LogP contribution in [-0.4, -0.2) is 29.1 Å². The summed E-state index contributed by atoms with van der Waals surface area (Å²) in [5, 5.41) is 8.79. The van der Waals surface area contributed by atoms with Crippen LogP contribution in [0, 0.1) is 0 Å². The third-order valence-corrected chi connectivity index (χ3v) is 3.75. The molecule has 1 N–H and O–H groups in total. The minimum atomic E-state index is -0.747. The first-order chi connectivity index (χ1) is 7.52. The van der Waals surface area contributed by atoms with Gasteiger partial charge in [0.2, 0.25) is 0 Å². The van der Waals surface area contributed by atoms with Crippen LogP contribution in [0.15, 0.2) is 12.1 Å². The first-order valence-electron chi connectivity index (χ1n) is 5.19. The molecule has 0 radical (unpaired) electrons. The molecule has 5 heteroatoms. The number of aliphatic carboxylic acids is 1. The van der Waals surface area contributed by atoms with Crippen LogP contribution in [0.1, 0.15) is 24.6 Å². The number of hydrogen-bond acceptors (Lipinski definition) is 3. The second-order valence-corrected chi connectivity index (χ2v) is 5.58. The summed E-state index contributed by atoms with van der Waals surface area (Å²) in [4.78, 5) is 13.9. The van der Waals surface area contributed by atoms with Crippen molar-refractivity contribution in [2.24, 2.45) is 0 Å². The average Bonchev–Trinajstić information content (AvgIpc) is 2.60. The summed E-state index contributed by atoms with van der Waals surface area (Å²) < 4.78 is 0.773. The van der Waals surface area contributed by atoms with Gasteiger partial charge in [0.25, 0.3) is 0 Å². The Morgan fingerprint density at radius 3 is 2.75 bits per heavy atom. The van der Waals surface area contributed by atoms with Crippen LogP contribution >= 0.6 is 22.9 Å². The van der Waals surface area contributed by atoms with Crippen molar-refractivity contribution in [3.8, 4) is 0 Å². The van der Waals surface area contributed by atoms with E-state index in [0.717, 1.165) is 22.2 Å². The van der Waals surface area contributed by atoms with Gasteiger partial charge in [0.05, 0.1) is 10.8 Å². The molecule has 16 heavy (non-hydrogen) atoms. The van der Waals surface area contributed by atoms with Gasteiger partial charge in [0, 0.05) is 17.5 Å². The molecule has 0 amide bonds. The Morgan fingerprint density at radius 1 is 1.62 bits per heavy atom. The van der Waals surface area contributed by atoms with Crippen molar-refractivity contribution in [1.29, 1.82) is 0 Å². The van der Waals surface area contributed by atoms with E-state index in [-0.39, 0.29) is 12.5 Å². The van der Waals surface area contributed by atoms with E-state index in [1.807, 2.05) is 26.1 Å². The molecule has 0 spiro atoms. The summed E-state index contributed by atoms with van der Waals surface area (Å²) >= 11 is 7.39. The largest absolute Gasteiger partial charge is 0.481 e. The molecule has 0 bridgehead atoms. The maximum atomic E-state index is 10.7. The van der Waals surface area contributed by atoms with Crippen LogP contribution in [0.4, 0.5) is 0 Å². The first-order valence-corrected chi connectivity index (χ1v) is 6.38. The van der Waals surface area contributed by atoms with Crippen molar-refractivity contribution in [2.75, 3.05) is 7.05 Å². The van der Waals surface area contributed by atoms with E-state index < -0.39 is 5.97 Å². The highest BCUT2D eigenvalue weighted by molar-refractivity contribution is 7.16. The lowest BCUT2D eigenvalue weighted by molar-refractivity contribution is -0.138. The van der Waals surface area contributed by atoms with Gasteiger partial charge in [0.1, 0.15) is 0 Å². The molecule has 1 unspecified atom stereocenters. The Morgan fingerprint density at radius 2 is 2.31 bits per heavy atom. The zero-order valence-corrected chi connectivity index (χ0v) is 11.0. The predicted molar refractivity (Wildman–Crippen MR) is 67.1 cm³/mol. The number of carboxylic acid groups (broad SMARTS) is 1. The Bertz CT molecular complexity index is 354. The highest BCUT2D eigenvalue weighted by Gasteiger charge is 2.16. The highest BCUT2D eigenvalue weighted by Crippen LogP contribution is 2.23. The fourth-order valence-corrected chi connectivity index (χ4v) is 2.78. The van der Waals surface area contributed by atoms with Crippen LogP contribution < -0.4 is 0 Å². The summed E-state index contributed by atoms with van der Waals surface area (Å²) in [6.45, 7) is 2.76. The van der Waals surface area contributed by atoms with E-state index in [4.69, 9.17) is 16.7 Å². The maximum absolute atomic E-state index is 10.7. The SMILES string of the molecule is CCC(CC(=O)O)N(C)Cc1ccc(Cl)s1. The molecule has 1 rings (SSSR count). The van der Waals surface area contributed by atoms with Crippen molar-refractivity contribution in [2.45, 2.75) is 32.4 Å². The lowest BCUT2D eigenvalue weighted by Gasteiger charge is -2.25. The third kappa shape index (κ3) is 4.12. The molecule has 0 aliphatic rings. The number of nitrogens with zero attached hydrogens (tertiary/aromatic N) is 1. The first kappa shape index (κ1) is 13.5. The van der Waals surface area contributed by atoms with Gasteiger partial charge >= 0.3 is 5.97 Å². The van der Waals surface area contributed by atoms with Crippen LogP contribution in [0.25, 0.3) is 0 Å². The fraction of sp³-hybridized carbons (Fsp3) is 0.545. The molecule has 90 valence electrons. The fourth-order valence-electron chi connectivity index (χ4n) is 1.63. The molecule has 0 aliphatic heterocycles. The lowest BCUT2D eigenvalue weighted by Crippen LogP contribution is -2.32. The summed E-state index contributed by atoms with van der Waals surface area (Å²) in [6.07, 6.45) is 1.02. The van der Waals surface area contributed by atoms with Crippen molar-refractivity contribution in [1.82, 2.24) is 4.90 Å². The van der Waals surface area contributed by atoms with Gasteiger partial charge in [-0.2, -0.15) is 0 Å². The van der Waals surface area contributed by atoms with Crippen LogP contribution in [0.2, 0.25) is 4.34 Å². The van der Waals surface area contributed by atoms with E-state index in [0.29, 0.717) is 0 Å². The normalized spacial score (nSPS) is 13.0. The van der Waals surface area contributed by atoms with Crippen LogP contribution in [0.5, 0.6) is 0 Å². The second-order valence-electron chi connectivity index (χ2n) is 3.78. The van der Waals surface area contributed by atoms with Crippen molar-refractivity contribution < 1.29 is 9.90 Å². The van der Waals surface area contributed by atoms with E-state index in [9.17, 15) is 4.79 Å². The van der Waals surface area contributed by atoms with Gasteiger partial charge in [-0.25, -0.2) is 0 Å². The monoisotopic (exact) mass is 261 g/mol. The standard InChI is InChI=1S/C11H16ClNO2S/c1-3-8(6-11(14)15)13(2)7-9-4-5-10(12)16-9/h4-5,8H,3,6-7H2,1-2H3,(H,14,15). The van der Waals surface area contributed by atoms with Crippen molar-refractivity contribution >= 4 is 28.9 Å². The van der Waals surface area contributed by atoms with E-state index >= 15 is 0 Å². The molecule has 0 aromatic carbocycles. The molecular formula is C11H16ClNO2S. The van der Waals surface area contributed by atoms with Gasteiger partial charge in [-0.05, 0) is 25.6 Å². The molecule has 1 heterocycles. The minimum absolute atomic E-state index is 0.0818. The molecule has 1 aromatic rings. The van der Waals surface area contributed by atoms with Crippen molar-refractivity contribution in [3.63, 3.8) is 0 Å². The summed E-state index contributed by atoms with van der Waals surface area (Å²) in [5.41, 5.74) is 0. The van der Waals surface area contributed by atoms with Gasteiger partial charge in [-0.1, -0.05) is 18.5 Å². The molecular weight excluding hydrogens is 246 g/mol. The number of carbonyl (C=O) groups is 1. The number of carboxylic acids is 1. The van der Waals surface area contributed by atoms with Gasteiger partial charge in [0.15, 0.2) is 0 Å². The van der Waals surface area contributed by atoms with Crippen molar-refractivity contribution in [3.05, 3.63) is 21.3 Å². The summed E-state index contributed by atoms with van der Waals surface area (Å²) in [6, 6.07) is 3.93. The second kappa shape index (κ2) is 6.23. The molecule has 1 atom stereocenters. The third-order valence-electron chi connectivity index (χ3n) is 2.54. The average molecular weight is 262 g/mol. The number of hydrogen-bond donors (Lipinski definition) is 1.